The molecule has 0 unspecified atom stereocenters. The molecule has 140 valence electrons. The van der Waals surface area contributed by atoms with Crippen LogP contribution in [0.4, 0.5) is 0 Å². The van der Waals surface area contributed by atoms with Crippen LogP contribution in [0.25, 0.3) is 0 Å². The van der Waals surface area contributed by atoms with E-state index in [9.17, 15) is 4.79 Å². The molecule has 1 aromatic rings. The largest absolute Gasteiger partial charge is 0.493 e. The van der Waals surface area contributed by atoms with Gasteiger partial charge in [-0.3, -0.25) is 4.79 Å². The lowest BCUT2D eigenvalue weighted by molar-refractivity contribution is -0.128. The molecule has 0 aliphatic heterocycles. The molecule has 6 heteroatoms. The Morgan fingerprint density at radius 2 is 2.00 bits per heavy atom. The monoisotopic (exact) mass is 348 g/mol. The Morgan fingerprint density at radius 1 is 1.24 bits per heavy atom. The Kier molecular flexibility index (Phi) is 9.43. The number of ether oxygens (including phenoxy) is 1. The van der Waals surface area contributed by atoms with Crippen molar-refractivity contribution in [2.24, 2.45) is 4.99 Å². The topological polar surface area (TPSA) is 66.0 Å². The quantitative estimate of drug-likeness (QED) is 0.531. The van der Waals surface area contributed by atoms with E-state index in [0.29, 0.717) is 32.1 Å². The van der Waals surface area contributed by atoms with E-state index < -0.39 is 0 Å². The fourth-order valence-electron chi connectivity index (χ4n) is 2.16. The average molecular weight is 348 g/mol. The van der Waals surface area contributed by atoms with Crippen LogP contribution < -0.4 is 15.4 Å². The molecule has 0 aromatic heterocycles. The first-order valence-electron chi connectivity index (χ1n) is 8.92. The van der Waals surface area contributed by atoms with Gasteiger partial charge in [0.2, 0.25) is 5.91 Å². The molecule has 2 N–H and O–H groups in total. The highest BCUT2D eigenvalue weighted by molar-refractivity contribution is 5.81. The van der Waals surface area contributed by atoms with Crippen LogP contribution in [0.2, 0.25) is 0 Å². The fraction of sp³-hybridized carbons (Fsp3) is 0.579. The van der Waals surface area contributed by atoms with E-state index in [0.717, 1.165) is 24.3 Å². The smallest absolute Gasteiger partial charge is 0.223 e. The van der Waals surface area contributed by atoms with Crippen LogP contribution in [0.1, 0.15) is 37.8 Å². The number of rotatable bonds is 9. The zero-order chi connectivity index (χ0) is 18.7. The Labute approximate surface area is 151 Å². The van der Waals surface area contributed by atoms with Crippen molar-refractivity contribution in [1.82, 2.24) is 15.5 Å². The minimum atomic E-state index is 0.0946. The van der Waals surface area contributed by atoms with E-state index in [1.54, 1.807) is 19.0 Å². The molecule has 0 bridgehead atoms. The zero-order valence-electron chi connectivity index (χ0n) is 16.2. The first-order valence-corrected chi connectivity index (χ1v) is 8.92. The van der Waals surface area contributed by atoms with Crippen LogP contribution in [-0.2, 0) is 11.3 Å². The van der Waals surface area contributed by atoms with Gasteiger partial charge < -0.3 is 20.3 Å². The standard InChI is InChI=1S/C19H32N4O2/c1-6-12-25-17-13-15(3)8-9-16(17)14-22-19(20-7-2)21-11-10-18(24)23(4)5/h8-9,13H,6-7,10-12,14H2,1-5H3,(H2,20,21,22). The van der Waals surface area contributed by atoms with Crippen LogP contribution >= 0.6 is 0 Å². The molecule has 0 aliphatic rings. The van der Waals surface area contributed by atoms with Crippen LogP contribution in [0.5, 0.6) is 5.75 Å². The van der Waals surface area contributed by atoms with Crippen molar-refractivity contribution in [1.29, 1.82) is 0 Å². The highest BCUT2D eigenvalue weighted by Crippen LogP contribution is 2.21. The third-order valence-electron chi connectivity index (χ3n) is 3.57. The molecule has 25 heavy (non-hydrogen) atoms. The second-order valence-electron chi connectivity index (χ2n) is 6.12. The van der Waals surface area contributed by atoms with E-state index in [2.05, 4.69) is 47.7 Å². The Hall–Kier alpha value is -2.24. The number of hydrogen-bond donors (Lipinski definition) is 2. The Morgan fingerprint density at radius 3 is 2.64 bits per heavy atom. The summed E-state index contributed by atoms with van der Waals surface area (Å²) in [6.45, 7) is 8.71. The van der Waals surface area contributed by atoms with E-state index in [1.165, 1.54) is 5.56 Å². The number of amides is 1. The summed E-state index contributed by atoms with van der Waals surface area (Å²) in [5.74, 6) is 1.69. The summed E-state index contributed by atoms with van der Waals surface area (Å²) in [5, 5.41) is 6.40. The lowest BCUT2D eigenvalue weighted by Crippen LogP contribution is -2.39. The lowest BCUT2D eigenvalue weighted by Gasteiger charge is -2.14. The first kappa shape index (κ1) is 20.8. The number of nitrogens with zero attached hydrogens (tertiary/aromatic N) is 2. The number of benzene rings is 1. The Balaban J connectivity index is 2.71. The van der Waals surface area contributed by atoms with Gasteiger partial charge in [-0.2, -0.15) is 0 Å². The van der Waals surface area contributed by atoms with Crippen molar-refractivity contribution in [3.8, 4) is 5.75 Å². The molecule has 0 radical (unpaired) electrons. The molecule has 0 fully saturated rings. The molecular formula is C19H32N4O2. The average Bonchev–Trinajstić information content (AvgIpc) is 2.58. The molecule has 1 rings (SSSR count). The van der Waals surface area contributed by atoms with Crippen molar-refractivity contribution in [3.63, 3.8) is 0 Å². The van der Waals surface area contributed by atoms with Crippen molar-refractivity contribution in [2.45, 2.75) is 40.2 Å². The lowest BCUT2D eigenvalue weighted by atomic mass is 10.1. The van der Waals surface area contributed by atoms with Gasteiger partial charge >= 0.3 is 0 Å². The van der Waals surface area contributed by atoms with Crippen LogP contribution in [0.15, 0.2) is 23.2 Å². The van der Waals surface area contributed by atoms with Gasteiger partial charge in [0.05, 0.1) is 13.2 Å². The number of aliphatic imine (C=N–C) groups is 1. The molecular weight excluding hydrogens is 316 g/mol. The van der Waals surface area contributed by atoms with Gasteiger partial charge in [0, 0.05) is 39.2 Å². The van der Waals surface area contributed by atoms with Crippen LogP contribution in [0.3, 0.4) is 0 Å². The maximum atomic E-state index is 11.6. The van der Waals surface area contributed by atoms with Crippen molar-refractivity contribution >= 4 is 11.9 Å². The molecule has 0 saturated carbocycles. The SMILES string of the molecule is CCCOc1cc(C)ccc1CN=C(NCC)NCCC(=O)N(C)C. The molecule has 0 spiro atoms. The van der Waals surface area contributed by atoms with Gasteiger partial charge in [-0.15, -0.1) is 0 Å². The van der Waals surface area contributed by atoms with Crippen molar-refractivity contribution in [3.05, 3.63) is 29.3 Å². The van der Waals surface area contributed by atoms with Gasteiger partial charge in [-0.25, -0.2) is 4.99 Å². The molecule has 0 heterocycles. The number of carbonyl (C=O) groups excluding carboxylic acids is 1. The van der Waals surface area contributed by atoms with Crippen molar-refractivity contribution in [2.75, 3.05) is 33.8 Å². The number of hydrogen-bond acceptors (Lipinski definition) is 3. The summed E-state index contributed by atoms with van der Waals surface area (Å²) in [5.41, 5.74) is 2.23. The maximum Gasteiger partial charge on any atom is 0.223 e. The summed E-state index contributed by atoms with van der Waals surface area (Å²) < 4.78 is 5.84. The van der Waals surface area contributed by atoms with Gasteiger partial charge in [0.1, 0.15) is 5.75 Å². The summed E-state index contributed by atoms with van der Waals surface area (Å²) >= 11 is 0. The summed E-state index contributed by atoms with van der Waals surface area (Å²) in [4.78, 5) is 17.9. The minimum Gasteiger partial charge on any atom is -0.493 e. The molecule has 0 aliphatic carbocycles. The second kappa shape index (κ2) is 11.3. The van der Waals surface area contributed by atoms with E-state index in [4.69, 9.17) is 4.74 Å². The number of aryl methyl sites for hydroxylation is 1. The number of carbonyl (C=O) groups is 1. The van der Waals surface area contributed by atoms with Gasteiger partial charge in [-0.05, 0) is 31.9 Å². The van der Waals surface area contributed by atoms with E-state index in [-0.39, 0.29) is 5.91 Å². The number of nitrogens with one attached hydrogen (secondary N) is 2. The zero-order valence-corrected chi connectivity index (χ0v) is 16.2. The molecule has 1 aromatic carbocycles. The molecule has 0 atom stereocenters. The van der Waals surface area contributed by atoms with E-state index >= 15 is 0 Å². The second-order valence-corrected chi connectivity index (χ2v) is 6.12. The molecule has 0 saturated heterocycles. The molecule has 6 nitrogen and oxygen atoms in total. The molecule has 1 amide bonds. The highest BCUT2D eigenvalue weighted by atomic mass is 16.5. The normalized spacial score (nSPS) is 11.2. The third-order valence-corrected chi connectivity index (χ3v) is 3.57. The van der Waals surface area contributed by atoms with Crippen LogP contribution in [-0.4, -0.2) is 50.6 Å². The van der Waals surface area contributed by atoms with Gasteiger partial charge in [0.15, 0.2) is 5.96 Å². The summed E-state index contributed by atoms with van der Waals surface area (Å²) in [6, 6.07) is 6.18. The maximum absolute atomic E-state index is 11.6. The van der Waals surface area contributed by atoms with Crippen molar-refractivity contribution < 1.29 is 9.53 Å². The third kappa shape index (κ3) is 7.92. The van der Waals surface area contributed by atoms with E-state index in [1.807, 2.05) is 6.92 Å². The summed E-state index contributed by atoms with van der Waals surface area (Å²) in [7, 11) is 3.52. The van der Waals surface area contributed by atoms with Gasteiger partial charge in [-0.1, -0.05) is 19.1 Å². The first-order chi connectivity index (χ1) is 12.0. The summed E-state index contributed by atoms with van der Waals surface area (Å²) in [6.07, 6.45) is 1.41. The fourth-order valence-corrected chi connectivity index (χ4v) is 2.16. The predicted molar refractivity (Wildman–Crippen MR) is 103 cm³/mol. The number of guanidine groups is 1. The highest BCUT2D eigenvalue weighted by Gasteiger charge is 2.06. The van der Waals surface area contributed by atoms with Gasteiger partial charge in [0.25, 0.3) is 0 Å². The van der Waals surface area contributed by atoms with Crippen LogP contribution in [0, 0.1) is 6.92 Å². The Bertz CT molecular complexity index is 571. The predicted octanol–water partition coefficient (Wildman–Crippen LogP) is 2.32. The minimum absolute atomic E-state index is 0.0946.